The third-order valence-electron chi connectivity index (χ3n) is 2.12. The molecular formula is C11H16N4OS. The van der Waals surface area contributed by atoms with E-state index in [4.69, 9.17) is 11.6 Å². The van der Waals surface area contributed by atoms with E-state index in [-0.39, 0.29) is 16.8 Å². The van der Waals surface area contributed by atoms with Gasteiger partial charge in [-0.25, -0.2) is 0 Å². The normalized spacial score (nSPS) is 11.2. The Hall–Kier alpha value is -1.69. The summed E-state index contributed by atoms with van der Waals surface area (Å²) < 4.78 is 0. The van der Waals surface area contributed by atoms with Crippen molar-refractivity contribution in [1.82, 2.24) is 0 Å². The van der Waals surface area contributed by atoms with Crippen molar-refractivity contribution >= 4 is 28.5 Å². The molecule has 0 radical (unpaired) electrons. The molecule has 0 fully saturated rings. The second-order valence-corrected chi connectivity index (χ2v) is 4.35. The average molecular weight is 252 g/mol. The number of rotatable bonds is 4. The molecule has 5 nitrogen and oxygen atoms in total. The van der Waals surface area contributed by atoms with Crippen LogP contribution in [0.3, 0.4) is 0 Å². The number of nitrogens with zero attached hydrogens (tertiary/aromatic N) is 1. The van der Waals surface area contributed by atoms with Gasteiger partial charge in [0, 0.05) is 5.69 Å². The summed E-state index contributed by atoms with van der Waals surface area (Å²) in [5, 5.41) is 6.22. The molecule has 0 saturated heterocycles. The smallest absolute Gasteiger partial charge is 0.234 e. The van der Waals surface area contributed by atoms with E-state index in [1.807, 2.05) is 24.3 Å². The Morgan fingerprint density at radius 3 is 2.59 bits per heavy atom. The Labute approximate surface area is 105 Å². The lowest BCUT2D eigenvalue weighted by Gasteiger charge is -2.05. The third-order valence-corrected chi connectivity index (χ3v) is 2.93. The summed E-state index contributed by atoms with van der Waals surface area (Å²) in [5.74, 6) is 5.02. The van der Waals surface area contributed by atoms with E-state index < -0.39 is 0 Å². The van der Waals surface area contributed by atoms with Gasteiger partial charge in [-0.3, -0.25) is 4.79 Å². The molecule has 0 bridgehead atoms. The zero-order valence-electron chi connectivity index (χ0n) is 9.64. The molecular weight excluding hydrogens is 236 g/mol. The van der Waals surface area contributed by atoms with Crippen molar-refractivity contribution in [3.63, 3.8) is 0 Å². The summed E-state index contributed by atoms with van der Waals surface area (Å²) in [4.78, 5) is 11.5. The monoisotopic (exact) mass is 252 g/mol. The number of nitrogens with one attached hydrogen (secondary N) is 1. The number of carbonyl (C=O) groups excluding carboxylic acids is 1. The highest BCUT2D eigenvalue weighted by Gasteiger charge is 2.04. The van der Waals surface area contributed by atoms with Crippen molar-refractivity contribution in [3.05, 3.63) is 29.8 Å². The molecule has 0 spiro atoms. The minimum atomic E-state index is -0.133. The number of hydrazone groups is 1. The first-order valence-corrected chi connectivity index (χ1v) is 6.19. The zero-order chi connectivity index (χ0) is 12.7. The molecule has 17 heavy (non-hydrogen) atoms. The van der Waals surface area contributed by atoms with Crippen LogP contribution in [0.25, 0.3) is 0 Å². The summed E-state index contributed by atoms with van der Waals surface area (Å²) in [7, 11) is 0. The first kappa shape index (κ1) is 13.4. The van der Waals surface area contributed by atoms with E-state index >= 15 is 0 Å². The molecule has 1 aromatic rings. The van der Waals surface area contributed by atoms with Crippen LogP contribution in [-0.4, -0.2) is 16.8 Å². The van der Waals surface area contributed by atoms with E-state index in [2.05, 4.69) is 17.3 Å². The lowest BCUT2D eigenvalue weighted by atomic mass is 10.1. The molecule has 92 valence electrons. The second kappa shape index (κ2) is 6.80. The highest BCUT2D eigenvalue weighted by atomic mass is 32.2. The molecule has 0 aliphatic heterocycles. The maximum absolute atomic E-state index is 11.5. The maximum Gasteiger partial charge on any atom is 0.234 e. The standard InChI is InChI=1S/C11H16N4OS/c1-2-8-3-5-9(6-4-8)14-10(16)7-17-11(12)15-13/h3-6H,2,7,13H2,1H3,(H2,12,15)(H,14,16). The van der Waals surface area contributed by atoms with E-state index in [1.54, 1.807) is 0 Å². The Kier molecular flexibility index (Phi) is 5.35. The van der Waals surface area contributed by atoms with Crippen molar-refractivity contribution < 1.29 is 4.79 Å². The van der Waals surface area contributed by atoms with E-state index in [0.29, 0.717) is 0 Å². The van der Waals surface area contributed by atoms with Crippen LogP contribution in [0, 0.1) is 0 Å². The molecule has 0 aliphatic rings. The summed E-state index contributed by atoms with van der Waals surface area (Å²) >= 11 is 1.10. The molecule has 0 aromatic heterocycles. The van der Waals surface area contributed by atoms with Gasteiger partial charge in [0.25, 0.3) is 0 Å². The van der Waals surface area contributed by atoms with Crippen molar-refractivity contribution in [2.24, 2.45) is 16.7 Å². The van der Waals surface area contributed by atoms with Gasteiger partial charge in [-0.1, -0.05) is 30.8 Å². The Bertz CT molecular complexity index is 402. The fourth-order valence-corrected chi connectivity index (χ4v) is 1.62. The van der Waals surface area contributed by atoms with Gasteiger partial charge >= 0.3 is 0 Å². The molecule has 1 amide bonds. The minimum Gasteiger partial charge on any atom is -0.377 e. The highest BCUT2D eigenvalue weighted by Crippen LogP contribution is 2.10. The van der Waals surface area contributed by atoms with Crippen molar-refractivity contribution in [3.8, 4) is 0 Å². The molecule has 1 rings (SSSR count). The number of hydrogen-bond donors (Lipinski definition) is 3. The number of anilines is 1. The summed E-state index contributed by atoms with van der Waals surface area (Å²) in [6.45, 7) is 2.08. The summed E-state index contributed by atoms with van der Waals surface area (Å²) in [6, 6.07) is 7.72. The Morgan fingerprint density at radius 2 is 2.06 bits per heavy atom. The van der Waals surface area contributed by atoms with Gasteiger partial charge in [0.1, 0.15) is 0 Å². The summed E-state index contributed by atoms with van der Waals surface area (Å²) in [5.41, 5.74) is 7.37. The largest absolute Gasteiger partial charge is 0.377 e. The van der Waals surface area contributed by atoms with Gasteiger partial charge in [-0.15, -0.1) is 0 Å². The third kappa shape index (κ3) is 4.78. The number of nitrogens with two attached hydrogens (primary N) is 2. The highest BCUT2D eigenvalue weighted by molar-refractivity contribution is 8.14. The van der Waals surface area contributed by atoms with E-state index in [0.717, 1.165) is 23.9 Å². The lowest BCUT2D eigenvalue weighted by Crippen LogP contribution is -2.18. The van der Waals surface area contributed by atoms with Crippen molar-refractivity contribution in [2.75, 3.05) is 11.1 Å². The molecule has 0 heterocycles. The van der Waals surface area contributed by atoms with Crippen LogP contribution in [0.15, 0.2) is 29.4 Å². The van der Waals surface area contributed by atoms with Gasteiger partial charge in [-0.05, 0) is 24.1 Å². The molecule has 0 saturated carbocycles. The van der Waals surface area contributed by atoms with Gasteiger partial charge in [0.05, 0.1) is 5.75 Å². The van der Waals surface area contributed by atoms with Gasteiger partial charge in [0.15, 0.2) is 5.17 Å². The average Bonchev–Trinajstić information content (AvgIpc) is 2.36. The lowest BCUT2D eigenvalue weighted by molar-refractivity contribution is -0.113. The number of hydrogen-bond acceptors (Lipinski definition) is 4. The molecule has 6 heteroatoms. The predicted molar refractivity (Wildman–Crippen MR) is 72.7 cm³/mol. The number of carbonyl (C=O) groups is 1. The van der Waals surface area contributed by atoms with Crippen molar-refractivity contribution in [1.29, 1.82) is 0 Å². The van der Waals surface area contributed by atoms with E-state index in [9.17, 15) is 4.79 Å². The van der Waals surface area contributed by atoms with E-state index in [1.165, 1.54) is 5.56 Å². The number of aryl methyl sites for hydroxylation is 1. The molecule has 1 aromatic carbocycles. The minimum absolute atomic E-state index is 0.133. The molecule has 5 N–H and O–H groups in total. The number of thioether (sulfide) groups is 1. The fraction of sp³-hybridized carbons (Fsp3) is 0.273. The number of amidine groups is 1. The topological polar surface area (TPSA) is 93.5 Å². The van der Waals surface area contributed by atoms with Crippen LogP contribution < -0.4 is 16.9 Å². The first-order chi connectivity index (χ1) is 8.15. The molecule has 0 unspecified atom stereocenters. The van der Waals surface area contributed by atoms with Gasteiger partial charge in [-0.2, -0.15) is 5.10 Å². The second-order valence-electron chi connectivity index (χ2n) is 3.35. The van der Waals surface area contributed by atoms with Gasteiger partial charge < -0.3 is 16.9 Å². The van der Waals surface area contributed by atoms with Crippen molar-refractivity contribution in [2.45, 2.75) is 13.3 Å². The van der Waals surface area contributed by atoms with Crippen LogP contribution in [0.1, 0.15) is 12.5 Å². The van der Waals surface area contributed by atoms with Crippen LogP contribution in [0.5, 0.6) is 0 Å². The SMILES string of the molecule is CCc1ccc(NC(=O)CSC(N)=NN)cc1. The van der Waals surface area contributed by atoms with Crippen LogP contribution in [-0.2, 0) is 11.2 Å². The van der Waals surface area contributed by atoms with Gasteiger partial charge in [0.2, 0.25) is 5.91 Å². The predicted octanol–water partition coefficient (Wildman–Crippen LogP) is 1.11. The molecule has 0 atom stereocenters. The quantitative estimate of drug-likeness (QED) is 0.324. The Balaban J connectivity index is 2.45. The summed E-state index contributed by atoms with van der Waals surface area (Å²) in [6.07, 6.45) is 0.980. The van der Waals surface area contributed by atoms with Crippen LogP contribution in [0.4, 0.5) is 5.69 Å². The first-order valence-electron chi connectivity index (χ1n) is 5.20. The number of amides is 1. The fourth-order valence-electron chi connectivity index (χ4n) is 1.20. The van der Waals surface area contributed by atoms with Crippen LogP contribution in [0.2, 0.25) is 0 Å². The molecule has 0 aliphatic carbocycles. The van der Waals surface area contributed by atoms with Crippen LogP contribution >= 0.6 is 11.8 Å². The zero-order valence-corrected chi connectivity index (χ0v) is 10.5. The number of benzene rings is 1. The Morgan fingerprint density at radius 1 is 1.41 bits per heavy atom. The maximum atomic E-state index is 11.5.